The van der Waals surface area contributed by atoms with Crippen LogP contribution in [0.2, 0.25) is 0 Å². The minimum atomic E-state index is -4.90. The number of allylic oxidation sites excluding steroid dienone is 1. The molecule has 1 N–H and O–H groups in total. The van der Waals surface area contributed by atoms with Gasteiger partial charge in [-0.25, -0.2) is 0 Å². The largest absolute Gasteiger partial charge is 0.454 e. The number of hydrogen-bond donors (Lipinski definition) is 1. The molecule has 1 aromatic carbocycles. The van der Waals surface area contributed by atoms with Gasteiger partial charge in [-0.3, -0.25) is 9.59 Å². The molecule has 0 aliphatic carbocycles. The standard InChI is InChI=1S/C17H19F3N2O2/c1-11-5-3-6-13(12(11)2)21-16(24)14-7-4-9-22(14)10-8-15(23)17(18,19)20/h3,5-6,8,10,14H,4,7,9H2,1-2H3,(H,21,24). The number of carbonyl (C=O) groups is 2. The van der Waals surface area contributed by atoms with Gasteiger partial charge in [0.25, 0.3) is 5.78 Å². The fourth-order valence-electron chi connectivity index (χ4n) is 2.61. The van der Waals surface area contributed by atoms with Crippen molar-refractivity contribution in [2.24, 2.45) is 0 Å². The van der Waals surface area contributed by atoms with E-state index in [1.165, 1.54) is 4.90 Å². The molecule has 1 aromatic rings. The zero-order chi connectivity index (χ0) is 17.9. The number of amides is 1. The van der Waals surface area contributed by atoms with Crippen LogP contribution in [0.25, 0.3) is 0 Å². The molecule has 7 heteroatoms. The molecule has 0 aromatic heterocycles. The summed E-state index contributed by atoms with van der Waals surface area (Å²) in [6.45, 7) is 4.25. The number of benzene rings is 1. The van der Waals surface area contributed by atoms with Gasteiger partial charge in [0.2, 0.25) is 5.91 Å². The van der Waals surface area contributed by atoms with Crippen LogP contribution in [0.3, 0.4) is 0 Å². The van der Waals surface area contributed by atoms with Crippen LogP contribution in [0.5, 0.6) is 0 Å². The van der Waals surface area contributed by atoms with Crippen molar-refractivity contribution in [2.75, 3.05) is 11.9 Å². The Kier molecular flexibility index (Phi) is 5.31. The van der Waals surface area contributed by atoms with Gasteiger partial charge < -0.3 is 10.2 Å². The maximum atomic E-state index is 12.4. The highest BCUT2D eigenvalue weighted by Gasteiger charge is 2.37. The summed E-state index contributed by atoms with van der Waals surface area (Å²) in [5.74, 6) is -2.21. The van der Waals surface area contributed by atoms with Crippen LogP contribution in [-0.2, 0) is 9.59 Å². The lowest BCUT2D eigenvalue weighted by Crippen LogP contribution is -2.37. The zero-order valence-electron chi connectivity index (χ0n) is 13.5. The maximum absolute atomic E-state index is 12.4. The summed E-state index contributed by atoms with van der Waals surface area (Å²) < 4.78 is 36.7. The molecule has 1 atom stereocenters. The molecule has 1 amide bonds. The first kappa shape index (κ1) is 18.0. The molecule has 1 saturated heterocycles. The van der Waals surface area contributed by atoms with Gasteiger partial charge in [-0.15, -0.1) is 0 Å². The van der Waals surface area contributed by atoms with E-state index >= 15 is 0 Å². The second-order valence-electron chi connectivity index (χ2n) is 5.81. The number of carbonyl (C=O) groups excluding carboxylic acids is 2. The summed E-state index contributed by atoms with van der Waals surface area (Å²) in [6.07, 6.45) is -2.15. The van der Waals surface area contributed by atoms with Crippen LogP contribution in [0, 0.1) is 13.8 Å². The lowest BCUT2D eigenvalue weighted by molar-refractivity contribution is -0.165. The van der Waals surface area contributed by atoms with Gasteiger partial charge in [0.05, 0.1) is 0 Å². The van der Waals surface area contributed by atoms with Gasteiger partial charge in [0.1, 0.15) is 6.04 Å². The molecular formula is C17H19F3N2O2. The molecule has 0 bridgehead atoms. The average Bonchev–Trinajstić information content (AvgIpc) is 2.97. The van der Waals surface area contributed by atoms with E-state index in [-0.39, 0.29) is 5.91 Å². The zero-order valence-corrected chi connectivity index (χ0v) is 13.5. The summed E-state index contributed by atoms with van der Waals surface area (Å²) >= 11 is 0. The summed E-state index contributed by atoms with van der Waals surface area (Å²) in [4.78, 5) is 24.8. The van der Waals surface area contributed by atoms with E-state index < -0.39 is 18.0 Å². The van der Waals surface area contributed by atoms with Gasteiger partial charge in [0.15, 0.2) is 0 Å². The van der Waals surface area contributed by atoms with Crippen LogP contribution in [0.4, 0.5) is 18.9 Å². The van der Waals surface area contributed by atoms with Crippen molar-refractivity contribution in [3.8, 4) is 0 Å². The molecule has 1 aliphatic rings. The number of likely N-dealkylation sites (tertiary alicyclic amines) is 1. The highest BCUT2D eigenvalue weighted by molar-refractivity contribution is 5.96. The lowest BCUT2D eigenvalue weighted by atomic mass is 10.1. The van der Waals surface area contributed by atoms with E-state index in [2.05, 4.69) is 5.32 Å². The Labute approximate surface area is 138 Å². The van der Waals surface area contributed by atoms with Crippen molar-refractivity contribution in [1.82, 2.24) is 4.90 Å². The van der Waals surface area contributed by atoms with Crippen LogP contribution in [0.15, 0.2) is 30.5 Å². The van der Waals surface area contributed by atoms with Gasteiger partial charge in [-0.1, -0.05) is 12.1 Å². The van der Waals surface area contributed by atoms with Crippen molar-refractivity contribution in [1.29, 1.82) is 0 Å². The molecule has 0 saturated carbocycles. The first-order valence-electron chi connectivity index (χ1n) is 7.62. The number of rotatable bonds is 4. The molecule has 2 rings (SSSR count). The van der Waals surface area contributed by atoms with E-state index in [9.17, 15) is 22.8 Å². The first-order chi connectivity index (χ1) is 11.2. The summed E-state index contributed by atoms with van der Waals surface area (Å²) in [7, 11) is 0. The first-order valence-corrected chi connectivity index (χ1v) is 7.62. The summed E-state index contributed by atoms with van der Waals surface area (Å²) in [5, 5.41) is 2.82. The van der Waals surface area contributed by atoms with Crippen LogP contribution in [-0.4, -0.2) is 35.4 Å². The quantitative estimate of drug-likeness (QED) is 0.855. The van der Waals surface area contributed by atoms with Crippen LogP contribution < -0.4 is 5.32 Å². The van der Waals surface area contributed by atoms with E-state index in [0.717, 1.165) is 17.3 Å². The number of aryl methyl sites for hydroxylation is 1. The number of anilines is 1. The Balaban J connectivity index is 2.07. The van der Waals surface area contributed by atoms with E-state index in [4.69, 9.17) is 0 Å². The van der Waals surface area contributed by atoms with Crippen molar-refractivity contribution >= 4 is 17.4 Å². The molecule has 0 spiro atoms. The van der Waals surface area contributed by atoms with E-state index in [0.29, 0.717) is 31.1 Å². The monoisotopic (exact) mass is 340 g/mol. The minimum absolute atomic E-state index is 0.287. The Morgan fingerprint density at radius 1 is 1.29 bits per heavy atom. The summed E-state index contributed by atoms with van der Waals surface area (Å²) in [6, 6.07) is 4.95. The third kappa shape index (κ3) is 4.15. The molecule has 24 heavy (non-hydrogen) atoms. The molecule has 4 nitrogen and oxygen atoms in total. The second-order valence-corrected chi connectivity index (χ2v) is 5.81. The predicted molar refractivity (Wildman–Crippen MR) is 84.5 cm³/mol. The molecule has 1 heterocycles. The van der Waals surface area contributed by atoms with Gasteiger partial charge in [-0.2, -0.15) is 13.2 Å². The molecule has 1 unspecified atom stereocenters. The Hall–Kier alpha value is -2.31. The number of alkyl halides is 3. The highest BCUT2D eigenvalue weighted by atomic mass is 19.4. The topological polar surface area (TPSA) is 49.4 Å². The molecular weight excluding hydrogens is 321 g/mol. The maximum Gasteiger partial charge on any atom is 0.454 e. The van der Waals surface area contributed by atoms with Crippen molar-refractivity contribution in [3.63, 3.8) is 0 Å². The Bertz CT molecular complexity index is 668. The number of nitrogens with zero attached hydrogens (tertiary/aromatic N) is 1. The van der Waals surface area contributed by atoms with Crippen molar-refractivity contribution < 1.29 is 22.8 Å². The smallest absolute Gasteiger partial charge is 0.365 e. The highest BCUT2D eigenvalue weighted by Crippen LogP contribution is 2.23. The molecule has 1 fully saturated rings. The predicted octanol–water partition coefficient (Wildman–Crippen LogP) is 3.35. The van der Waals surface area contributed by atoms with Gasteiger partial charge >= 0.3 is 6.18 Å². The second kappa shape index (κ2) is 7.07. The summed E-state index contributed by atoms with van der Waals surface area (Å²) in [5.41, 5.74) is 2.66. The number of hydrogen-bond acceptors (Lipinski definition) is 3. The third-order valence-corrected chi connectivity index (χ3v) is 4.16. The number of halogens is 3. The SMILES string of the molecule is Cc1cccc(NC(=O)C2CCCN2C=CC(=O)C(F)(F)F)c1C. The molecule has 0 radical (unpaired) electrons. The minimum Gasteiger partial charge on any atom is -0.365 e. The van der Waals surface area contributed by atoms with Crippen LogP contribution in [0.1, 0.15) is 24.0 Å². The van der Waals surface area contributed by atoms with Gasteiger partial charge in [0, 0.05) is 24.5 Å². The Morgan fingerprint density at radius 3 is 2.67 bits per heavy atom. The van der Waals surface area contributed by atoms with Crippen molar-refractivity contribution in [3.05, 3.63) is 41.6 Å². The molecule has 1 aliphatic heterocycles. The van der Waals surface area contributed by atoms with E-state index in [1.807, 2.05) is 26.0 Å². The number of nitrogens with one attached hydrogen (secondary N) is 1. The third-order valence-electron chi connectivity index (χ3n) is 4.16. The molecule has 130 valence electrons. The fraction of sp³-hybridized carbons (Fsp3) is 0.412. The normalized spacial score (nSPS) is 18.2. The fourth-order valence-corrected chi connectivity index (χ4v) is 2.61. The van der Waals surface area contributed by atoms with Gasteiger partial charge in [-0.05, 0) is 43.9 Å². The van der Waals surface area contributed by atoms with E-state index in [1.54, 1.807) is 6.07 Å². The number of ketones is 1. The average molecular weight is 340 g/mol. The van der Waals surface area contributed by atoms with Crippen molar-refractivity contribution in [2.45, 2.75) is 38.9 Å². The van der Waals surface area contributed by atoms with Crippen LogP contribution >= 0.6 is 0 Å². The lowest BCUT2D eigenvalue weighted by Gasteiger charge is -2.22. The Morgan fingerprint density at radius 2 is 2.00 bits per heavy atom.